The maximum Gasteiger partial charge on any atom is 0.323 e. The van der Waals surface area contributed by atoms with Crippen molar-refractivity contribution < 1.29 is 4.74 Å². The average molecular weight is 293 g/mol. The smallest absolute Gasteiger partial charge is 0.323 e. The first kappa shape index (κ1) is 14.5. The maximum absolute atomic E-state index is 5.46. The fourth-order valence-electron chi connectivity index (χ4n) is 1.55. The zero-order valence-corrected chi connectivity index (χ0v) is 12.8. The third kappa shape index (κ3) is 3.80. The molecule has 0 aliphatic rings. The van der Waals surface area contributed by atoms with Crippen LogP contribution in [0.3, 0.4) is 0 Å². The number of nitrogens with zero attached hydrogens (tertiary/aromatic N) is 3. The van der Waals surface area contributed by atoms with Crippen molar-refractivity contribution in [3.63, 3.8) is 0 Å². The van der Waals surface area contributed by atoms with Crippen molar-refractivity contribution >= 4 is 23.2 Å². The van der Waals surface area contributed by atoms with Crippen LogP contribution in [0.15, 0.2) is 10.8 Å². The predicted octanol–water partition coefficient (Wildman–Crippen LogP) is 2.68. The summed E-state index contributed by atoms with van der Waals surface area (Å²) in [7, 11) is 1.77. The molecule has 108 valence electrons. The van der Waals surface area contributed by atoms with Crippen LogP contribution in [0, 0.1) is 6.92 Å². The van der Waals surface area contributed by atoms with Gasteiger partial charge in [-0.05, 0) is 35.2 Å². The Morgan fingerprint density at radius 3 is 2.65 bits per heavy atom. The van der Waals surface area contributed by atoms with E-state index in [0.29, 0.717) is 31.1 Å². The first-order valence-corrected chi connectivity index (χ1v) is 7.49. The highest BCUT2D eigenvalue weighted by atomic mass is 32.1. The molecule has 2 aromatic heterocycles. The standard InChI is InChI=1S/C13H19N5OS/c1-4-5-19-13-17-11(14-3)16-12(18-13)15-6-10-8-20-7-9(10)2/h7-8H,4-6H2,1-3H3,(H2,14,15,16,17,18). The van der Waals surface area contributed by atoms with Crippen LogP contribution in [0.5, 0.6) is 6.01 Å². The second-order valence-corrected chi connectivity index (χ2v) is 5.04. The van der Waals surface area contributed by atoms with Gasteiger partial charge in [-0.25, -0.2) is 0 Å². The SMILES string of the molecule is CCCOc1nc(NC)nc(NCc2cscc2C)n1. The Morgan fingerprint density at radius 2 is 2.00 bits per heavy atom. The molecule has 20 heavy (non-hydrogen) atoms. The lowest BCUT2D eigenvalue weighted by atomic mass is 10.2. The normalized spacial score (nSPS) is 10.3. The van der Waals surface area contributed by atoms with Gasteiger partial charge in [0.1, 0.15) is 0 Å². The minimum Gasteiger partial charge on any atom is -0.463 e. The summed E-state index contributed by atoms with van der Waals surface area (Å²) < 4.78 is 5.46. The van der Waals surface area contributed by atoms with Crippen LogP contribution in [0.1, 0.15) is 24.5 Å². The van der Waals surface area contributed by atoms with E-state index in [0.717, 1.165) is 6.42 Å². The van der Waals surface area contributed by atoms with E-state index < -0.39 is 0 Å². The molecule has 0 aromatic carbocycles. The van der Waals surface area contributed by atoms with Gasteiger partial charge < -0.3 is 15.4 Å². The van der Waals surface area contributed by atoms with Gasteiger partial charge in [0.2, 0.25) is 11.9 Å². The van der Waals surface area contributed by atoms with Gasteiger partial charge in [-0.1, -0.05) is 6.92 Å². The van der Waals surface area contributed by atoms with Crippen molar-refractivity contribution in [3.8, 4) is 6.01 Å². The van der Waals surface area contributed by atoms with Gasteiger partial charge in [0.25, 0.3) is 0 Å². The quantitative estimate of drug-likeness (QED) is 0.818. The Morgan fingerprint density at radius 1 is 1.20 bits per heavy atom. The van der Waals surface area contributed by atoms with Gasteiger partial charge >= 0.3 is 6.01 Å². The Labute approximate surface area is 122 Å². The summed E-state index contributed by atoms with van der Waals surface area (Å²) in [6.45, 7) is 5.42. The molecule has 0 bridgehead atoms. The van der Waals surface area contributed by atoms with E-state index in [1.165, 1.54) is 11.1 Å². The second-order valence-electron chi connectivity index (χ2n) is 4.30. The van der Waals surface area contributed by atoms with Gasteiger partial charge in [-0.3, -0.25) is 0 Å². The van der Waals surface area contributed by atoms with Gasteiger partial charge in [0, 0.05) is 13.6 Å². The lowest BCUT2D eigenvalue weighted by Crippen LogP contribution is -2.09. The monoisotopic (exact) mass is 293 g/mol. The number of aromatic nitrogens is 3. The second kappa shape index (κ2) is 7.04. The third-order valence-corrected chi connectivity index (χ3v) is 3.58. The van der Waals surface area contributed by atoms with E-state index in [1.54, 1.807) is 18.4 Å². The van der Waals surface area contributed by atoms with Crippen molar-refractivity contribution in [2.75, 3.05) is 24.3 Å². The summed E-state index contributed by atoms with van der Waals surface area (Å²) in [4.78, 5) is 12.7. The van der Waals surface area contributed by atoms with Gasteiger partial charge in [0.05, 0.1) is 6.61 Å². The van der Waals surface area contributed by atoms with Crippen molar-refractivity contribution in [1.29, 1.82) is 0 Å². The Balaban J connectivity index is 2.07. The van der Waals surface area contributed by atoms with Crippen LogP contribution >= 0.6 is 11.3 Å². The van der Waals surface area contributed by atoms with Gasteiger partial charge in [0.15, 0.2) is 0 Å². The Hall–Kier alpha value is -1.89. The summed E-state index contributed by atoms with van der Waals surface area (Å²) in [6.07, 6.45) is 0.914. The summed E-state index contributed by atoms with van der Waals surface area (Å²) in [5.74, 6) is 1.01. The van der Waals surface area contributed by atoms with Crippen molar-refractivity contribution in [2.24, 2.45) is 0 Å². The molecule has 2 heterocycles. The van der Waals surface area contributed by atoms with Crippen LogP contribution in [0.25, 0.3) is 0 Å². The fourth-order valence-corrected chi connectivity index (χ4v) is 2.40. The molecule has 2 rings (SSSR count). The lowest BCUT2D eigenvalue weighted by Gasteiger charge is -2.09. The summed E-state index contributed by atoms with van der Waals surface area (Å²) >= 11 is 1.69. The van der Waals surface area contributed by atoms with Crippen molar-refractivity contribution in [3.05, 3.63) is 21.9 Å². The van der Waals surface area contributed by atoms with E-state index in [-0.39, 0.29) is 0 Å². The number of anilines is 2. The first-order valence-electron chi connectivity index (χ1n) is 6.55. The number of thiophene rings is 1. The number of hydrogen-bond acceptors (Lipinski definition) is 7. The summed E-state index contributed by atoms with van der Waals surface area (Å²) in [6, 6.07) is 0.343. The molecule has 0 aliphatic carbocycles. The maximum atomic E-state index is 5.46. The summed E-state index contributed by atoms with van der Waals surface area (Å²) in [5, 5.41) is 10.4. The molecule has 0 unspecified atom stereocenters. The average Bonchev–Trinajstić information content (AvgIpc) is 2.88. The number of rotatable bonds is 7. The van der Waals surface area contributed by atoms with E-state index >= 15 is 0 Å². The van der Waals surface area contributed by atoms with Crippen molar-refractivity contribution in [1.82, 2.24) is 15.0 Å². The topological polar surface area (TPSA) is 72.0 Å². The first-order chi connectivity index (χ1) is 9.72. The third-order valence-electron chi connectivity index (χ3n) is 2.67. The molecule has 0 fully saturated rings. The molecule has 7 heteroatoms. The van der Waals surface area contributed by atoms with Crippen LogP contribution < -0.4 is 15.4 Å². The molecular weight excluding hydrogens is 274 g/mol. The molecule has 0 saturated heterocycles. The highest BCUT2D eigenvalue weighted by Crippen LogP contribution is 2.16. The summed E-state index contributed by atoms with van der Waals surface area (Å²) in [5.41, 5.74) is 2.52. The van der Waals surface area contributed by atoms with Crippen LogP contribution in [-0.2, 0) is 6.54 Å². The minimum atomic E-state index is 0.343. The molecule has 0 atom stereocenters. The number of hydrogen-bond donors (Lipinski definition) is 2. The number of nitrogens with one attached hydrogen (secondary N) is 2. The minimum absolute atomic E-state index is 0.343. The number of aryl methyl sites for hydroxylation is 1. The van der Waals surface area contributed by atoms with Crippen molar-refractivity contribution in [2.45, 2.75) is 26.8 Å². The van der Waals surface area contributed by atoms with E-state index in [1.807, 2.05) is 6.92 Å². The van der Waals surface area contributed by atoms with Crippen LogP contribution in [0.2, 0.25) is 0 Å². The van der Waals surface area contributed by atoms with E-state index in [9.17, 15) is 0 Å². The fraction of sp³-hybridized carbons (Fsp3) is 0.462. The Kier molecular flexibility index (Phi) is 5.11. The van der Waals surface area contributed by atoms with Crippen LogP contribution in [-0.4, -0.2) is 28.6 Å². The highest BCUT2D eigenvalue weighted by molar-refractivity contribution is 7.08. The van der Waals surface area contributed by atoms with Gasteiger partial charge in [-0.2, -0.15) is 26.3 Å². The molecule has 0 spiro atoms. The molecule has 2 N–H and O–H groups in total. The zero-order chi connectivity index (χ0) is 14.4. The molecule has 0 radical (unpaired) electrons. The van der Waals surface area contributed by atoms with Gasteiger partial charge in [-0.15, -0.1) is 0 Å². The molecule has 0 amide bonds. The molecule has 6 nitrogen and oxygen atoms in total. The number of ether oxygens (including phenoxy) is 1. The zero-order valence-electron chi connectivity index (χ0n) is 11.9. The Bertz CT molecular complexity index is 557. The largest absolute Gasteiger partial charge is 0.463 e. The molecule has 0 aliphatic heterocycles. The molecular formula is C13H19N5OS. The predicted molar refractivity (Wildman–Crippen MR) is 81.5 cm³/mol. The van der Waals surface area contributed by atoms with E-state index in [4.69, 9.17) is 4.74 Å². The van der Waals surface area contributed by atoms with E-state index in [2.05, 4.69) is 43.3 Å². The molecule has 2 aromatic rings. The van der Waals surface area contributed by atoms with Crippen LogP contribution in [0.4, 0.5) is 11.9 Å². The highest BCUT2D eigenvalue weighted by Gasteiger charge is 2.07. The molecule has 0 saturated carbocycles. The lowest BCUT2D eigenvalue weighted by molar-refractivity contribution is 0.292.